The summed E-state index contributed by atoms with van der Waals surface area (Å²) >= 11 is 0. The molecule has 35 heavy (non-hydrogen) atoms. The minimum atomic E-state index is -5.08. The Morgan fingerprint density at radius 3 is 1.77 bits per heavy atom. The first-order valence-corrected chi connectivity index (χ1v) is 9.98. The van der Waals surface area contributed by atoms with Crippen LogP contribution in [0, 0.1) is 0 Å². The predicted molar refractivity (Wildman–Crippen MR) is 110 cm³/mol. The third-order valence-corrected chi connectivity index (χ3v) is 4.47. The molecule has 0 bridgehead atoms. The fraction of sp³-hybridized carbons (Fsp3) is 0.579. The van der Waals surface area contributed by atoms with Crippen LogP contribution in [-0.4, -0.2) is 113 Å². The van der Waals surface area contributed by atoms with Gasteiger partial charge in [0.2, 0.25) is 5.56 Å². The maximum atomic E-state index is 12.4. The first-order valence-electron chi connectivity index (χ1n) is 9.98. The Bertz CT molecular complexity index is 837. The van der Waals surface area contributed by atoms with E-state index in [4.69, 9.17) is 19.8 Å². The number of rotatable bonds is 5. The van der Waals surface area contributed by atoms with E-state index in [0.29, 0.717) is 12.1 Å². The van der Waals surface area contributed by atoms with Gasteiger partial charge < -0.3 is 25.0 Å². The number of piperazine rings is 1. The molecule has 1 amide bonds. The Balaban J connectivity index is 0.000000680. The van der Waals surface area contributed by atoms with E-state index in [1.54, 1.807) is 6.07 Å². The number of alkyl halides is 6. The number of aliphatic carboxylic acids is 2. The Kier molecular flexibility index (Phi) is 13.0. The average Bonchev–Trinajstić information content (AvgIpc) is 2.75. The van der Waals surface area contributed by atoms with Gasteiger partial charge in [0, 0.05) is 58.1 Å². The number of aromatic amines is 1. The molecule has 1 fully saturated rings. The van der Waals surface area contributed by atoms with Crippen molar-refractivity contribution in [3.05, 3.63) is 34.2 Å². The number of carbonyl (C=O) groups is 3. The highest BCUT2D eigenvalue weighted by Gasteiger charge is 2.38. The van der Waals surface area contributed by atoms with Crippen LogP contribution in [0.3, 0.4) is 0 Å². The van der Waals surface area contributed by atoms with Crippen molar-refractivity contribution >= 4 is 17.8 Å². The summed E-state index contributed by atoms with van der Waals surface area (Å²) in [5, 5.41) is 14.2. The molecule has 2 rings (SSSR count). The van der Waals surface area contributed by atoms with Gasteiger partial charge in [0.05, 0.1) is 5.56 Å². The van der Waals surface area contributed by atoms with Gasteiger partial charge in [-0.2, -0.15) is 26.3 Å². The van der Waals surface area contributed by atoms with Crippen molar-refractivity contribution in [2.24, 2.45) is 0 Å². The summed E-state index contributed by atoms with van der Waals surface area (Å²) in [6.45, 7) is 8.55. The molecule has 2 heterocycles. The maximum Gasteiger partial charge on any atom is 0.490 e. The summed E-state index contributed by atoms with van der Waals surface area (Å²) in [6.07, 6.45) is -8.68. The smallest absolute Gasteiger partial charge is 0.475 e. The molecule has 16 heteroatoms. The second-order valence-electron chi connectivity index (χ2n) is 7.08. The van der Waals surface area contributed by atoms with Gasteiger partial charge in [-0.05, 0) is 20.0 Å². The average molecular weight is 520 g/mol. The molecule has 0 unspecified atom stereocenters. The normalized spacial score (nSPS) is 14.6. The fourth-order valence-corrected chi connectivity index (χ4v) is 2.46. The number of nitrogens with one attached hydrogen (secondary N) is 1. The zero-order valence-electron chi connectivity index (χ0n) is 18.8. The number of H-pyrrole nitrogens is 1. The van der Waals surface area contributed by atoms with E-state index in [2.05, 4.69) is 21.8 Å². The number of carbonyl (C=O) groups excluding carboxylic acids is 1. The number of hydrogen-bond acceptors (Lipinski definition) is 6. The lowest BCUT2D eigenvalue weighted by molar-refractivity contribution is -0.193. The quantitative estimate of drug-likeness (QED) is 0.496. The van der Waals surface area contributed by atoms with Crippen LogP contribution in [0.2, 0.25) is 0 Å². The largest absolute Gasteiger partial charge is 0.490 e. The minimum absolute atomic E-state index is 0.0251. The van der Waals surface area contributed by atoms with Crippen LogP contribution in [0.4, 0.5) is 26.3 Å². The summed E-state index contributed by atoms with van der Waals surface area (Å²) in [5.74, 6) is -5.54. The van der Waals surface area contributed by atoms with Crippen molar-refractivity contribution < 1.29 is 50.9 Å². The summed E-state index contributed by atoms with van der Waals surface area (Å²) in [4.78, 5) is 50.3. The molecule has 0 aliphatic carbocycles. The molecule has 0 atom stereocenters. The zero-order chi connectivity index (χ0) is 27.4. The number of nitrogens with zero attached hydrogens (tertiary/aromatic N) is 3. The van der Waals surface area contributed by atoms with E-state index in [1.807, 2.05) is 11.8 Å². The van der Waals surface area contributed by atoms with E-state index in [0.717, 1.165) is 39.3 Å². The van der Waals surface area contributed by atoms with Crippen molar-refractivity contribution in [3.8, 4) is 0 Å². The molecule has 3 N–H and O–H groups in total. The van der Waals surface area contributed by atoms with Gasteiger partial charge in [0.1, 0.15) is 0 Å². The van der Waals surface area contributed by atoms with Crippen LogP contribution in [0.5, 0.6) is 0 Å². The molecule has 1 aromatic rings. The van der Waals surface area contributed by atoms with Gasteiger partial charge in [-0.25, -0.2) is 9.59 Å². The molecule has 1 saturated heterocycles. The second kappa shape index (κ2) is 14.3. The SMILES string of the molecule is CCN(CCN1CCN(C)CC1)C(=O)c1ccc(=O)[nH]c1.O=C(O)C(F)(F)F.O=C(O)C(F)(F)F. The maximum absolute atomic E-state index is 12.4. The van der Waals surface area contributed by atoms with Crippen LogP contribution in [0.1, 0.15) is 17.3 Å². The van der Waals surface area contributed by atoms with E-state index >= 15 is 0 Å². The lowest BCUT2D eigenvalue weighted by Crippen LogP contribution is -2.47. The number of carboxylic acids is 2. The Morgan fingerprint density at radius 1 is 0.971 bits per heavy atom. The molecular weight excluding hydrogens is 494 g/mol. The topological polar surface area (TPSA) is 134 Å². The van der Waals surface area contributed by atoms with E-state index in [1.165, 1.54) is 12.3 Å². The number of hydrogen-bond donors (Lipinski definition) is 3. The van der Waals surface area contributed by atoms with Gasteiger partial charge >= 0.3 is 24.3 Å². The van der Waals surface area contributed by atoms with E-state index < -0.39 is 24.3 Å². The minimum Gasteiger partial charge on any atom is -0.475 e. The van der Waals surface area contributed by atoms with Crippen molar-refractivity contribution in [1.29, 1.82) is 0 Å². The Hall–Kier alpha value is -3.14. The number of halogens is 6. The monoisotopic (exact) mass is 520 g/mol. The highest BCUT2D eigenvalue weighted by atomic mass is 19.4. The van der Waals surface area contributed by atoms with Gasteiger partial charge in [0.15, 0.2) is 0 Å². The molecule has 0 radical (unpaired) electrons. The zero-order valence-corrected chi connectivity index (χ0v) is 18.8. The fourth-order valence-electron chi connectivity index (χ4n) is 2.46. The van der Waals surface area contributed by atoms with Crippen LogP contribution in [0.25, 0.3) is 0 Å². The van der Waals surface area contributed by atoms with Gasteiger partial charge in [0.25, 0.3) is 5.91 Å². The van der Waals surface area contributed by atoms with Crippen LogP contribution in [-0.2, 0) is 9.59 Å². The first-order chi connectivity index (χ1) is 16.0. The number of carboxylic acid groups (broad SMARTS) is 2. The van der Waals surface area contributed by atoms with E-state index in [9.17, 15) is 35.9 Å². The number of aromatic nitrogens is 1. The number of amides is 1. The molecule has 200 valence electrons. The van der Waals surface area contributed by atoms with Crippen molar-refractivity contribution in [2.45, 2.75) is 19.3 Å². The molecule has 10 nitrogen and oxygen atoms in total. The summed E-state index contributed by atoms with van der Waals surface area (Å²) in [6, 6.07) is 2.97. The van der Waals surface area contributed by atoms with Gasteiger partial charge in [-0.3, -0.25) is 14.5 Å². The molecule has 0 aromatic carbocycles. The molecule has 1 aliphatic heterocycles. The van der Waals surface area contributed by atoms with E-state index in [-0.39, 0.29) is 11.5 Å². The molecule has 1 aliphatic rings. The summed E-state index contributed by atoms with van der Waals surface area (Å²) < 4.78 is 63.5. The van der Waals surface area contributed by atoms with Crippen LogP contribution in [0.15, 0.2) is 23.1 Å². The Labute approximate surface area is 195 Å². The molecular formula is C19H26F6N4O6. The summed E-state index contributed by atoms with van der Waals surface area (Å²) in [5.41, 5.74) is 0.349. The third kappa shape index (κ3) is 13.4. The highest BCUT2D eigenvalue weighted by molar-refractivity contribution is 5.93. The van der Waals surface area contributed by atoms with Crippen molar-refractivity contribution in [2.75, 3.05) is 52.9 Å². The standard InChI is InChI=1S/C15H24N4O2.2C2HF3O2/c1-3-19(11-10-18-8-6-17(2)7-9-18)15(21)13-4-5-14(20)16-12-13;2*3-2(4,5)1(6)7/h4-5,12H,3,6-11H2,1-2H3,(H,16,20);2*(H,6,7). The lowest BCUT2D eigenvalue weighted by atomic mass is 10.2. The summed E-state index contributed by atoms with van der Waals surface area (Å²) in [7, 11) is 2.13. The van der Waals surface area contributed by atoms with Gasteiger partial charge in [-0.15, -0.1) is 0 Å². The lowest BCUT2D eigenvalue weighted by Gasteiger charge is -2.33. The molecule has 0 saturated carbocycles. The number of pyridine rings is 1. The second-order valence-corrected chi connectivity index (χ2v) is 7.08. The first kappa shape index (κ1) is 31.9. The van der Waals surface area contributed by atoms with Gasteiger partial charge in [-0.1, -0.05) is 0 Å². The highest BCUT2D eigenvalue weighted by Crippen LogP contribution is 2.13. The molecule has 0 spiro atoms. The number of likely N-dealkylation sites (N-methyl/N-ethyl adjacent to an activating group) is 2. The third-order valence-electron chi connectivity index (χ3n) is 4.47. The van der Waals surface area contributed by atoms with Crippen molar-refractivity contribution in [1.82, 2.24) is 19.7 Å². The van der Waals surface area contributed by atoms with Crippen LogP contribution >= 0.6 is 0 Å². The van der Waals surface area contributed by atoms with Crippen LogP contribution < -0.4 is 5.56 Å². The predicted octanol–water partition coefficient (Wildman–Crippen LogP) is 1.35. The van der Waals surface area contributed by atoms with Crippen molar-refractivity contribution in [3.63, 3.8) is 0 Å². The Morgan fingerprint density at radius 2 is 1.43 bits per heavy atom. The molecule has 1 aromatic heterocycles.